The lowest BCUT2D eigenvalue weighted by molar-refractivity contribution is 0.0783. The van der Waals surface area contributed by atoms with Crippen LogP contribution >= 0.6 is 23.2 Å². The first-order valence-corrected chi connectivity index (χ1v) is 8.70. The van der Waals surface area contributed by atoms with Crippen molar-refractivity contribution < 1.29 is 4.79 Å². The number of carbonyl (C=O) groups is 1. The zero-order chi connectivity index (χ0) is 16.2. The largest absolute Gasteiger partial charge is 0.292 e. The van der Waals surface area contributed by atoms with Gasteiger partial charge in [0.25, 0.3) is 0 Å². The van der Waals surface area contributed by atoms with Gasteiger partial charge in [0.05, 0.1) is 6.04 Å². The summed E-state index contributed by atoms with van der Waals surface area (Å²) in [5.74, 6) is 0.117. The van der Waals surface area contributed by atoms with Crippen LogP contribution in [0.4, 0.5) is 0 Å². The van der Waals surface area contributed by atoms with Gasteiger partial charge in [0, 0.05) is 15.6 Å². The number of benzene rings is 2. The van der Waals surface area contributed by atoms with Crippen molar-refractivity contribution in [3.8, 4) is 0 Å². The van der Waals surface area contributed by atoms with Crippen molar-refractivity contribution in [2.24, 2.45) is 0 Å². The van der Waals surface area contributed by atoms with Crippen LogP contribution in [0.25, 0.3) is 0 Å². The summed E-state index contributed by atoms with van der Waals surface area (Å²) in [7, 11) is 0. The van der Waals surface area contributed by atoms with E-state index in [-0.39, 0.29) is 11.8 Å². The molecule has 4 heteroatoms. The Kier molecular flexibility index (Phi) is 5.37. The van der Waals surface area contributed by atoms with Gasteiger partial charge in [-0.3, -0.25) is 9.69 Å². The van der Waals surface area contributed by atoms with Crippen LogP contribution in [-0.2, 0) is 0 Å². The average Bonchev–Trinajstić information content (AvgIpc) is 2.58. The molecule has 120 valence electrons. The number of halogens is 2. The second-order valence-corrected chi connectivity index (χ2v) is 6.79. The molecule has 1 heterocycles. The molecule has 0 aliphatic carbocycles. The van der Waals surface area contributed by atoms with Crippen molar-refractivity contribution in [1.29, 1.82) is 0 Å². The summed E-state index contributed by atoms with van der Waals surface area (Å²) in [6, 6.07) is 14.5. The zero-order valence-corrected chi connectivity index (χ0v) is 14.4. The molecule has 1 atom stereocenters. The van der Waals surface area contributed by atoms with Gasteiger partial charge in [0.1, 0.15) is 0 Å². The van der Waals surface area contributed by atoms with E-state index in [1.807, 2.05) is 24.3 Å². The first kappa shape index (κ1) is 16.5. The number of carbonyl (C=O) groups excluding carboxylic acids is 1. The molecule has 0 unspecified atom stereocenters. The summed E-state index contributed by atoms with van der Waals surface area (Å²) in [6.45, 7) is 1.90. The highest BCUT2D eigenvalue weighted by molar-refractivity contribution is 6.31. The summed E-state index contributed by atoms with van der Waals surface area (Å²) in [6.07, 6.45) is 3.51. The molecule has 2 nitrogen and oxygen atoms in total. The Bertz CT molecular complexity index is 661. The van der Waals surface area contributed by atoms with Crippen molar-refractivity contribution >= 4 is 29.0 Å². The van der Waals surface area contributed by atoms with E-state index in [4.69, 9.17) is 23.2 Å². The molecule has 0 radical (unpaired) electrons. The predicted octanol–water partition coefficient (Wildman–Crippen LogP) is 5.40. The summed E-state index contributed by atoms with van der Waals surface area (Å²) in [5, 5.41) is 1.33. The van der Waals surface area contributed by atoms with Gasteiger partial charge in [0.2, 0.25) is 0 Å². The normalized spacial score (nSPS) is 17.0. The molecule has 2 aromatic carbocycles. The number of nitrogens with zero attached hydrogens (tertiary/aromatic N) is 1. The molecular formula is C19H19Cl2NO. The van der Waals surface area contributed by atoms with Gasteiger partial charge in [-0.05, 0) is 67.9 Å². The average molecular weight is 348 g/mol. The maximum atomic E-state index is 13.1. The van der Waals surface area contributed by atoms with Gasteiger partial charge in [-0.25, -0.2) is 0 Å². The number of hydrogen-bond donors (Lipinski definition) is 0. The van der Waals surface area contributed by atoms with E-state index in [2.05, 4.69) is 4.90 Å². The Morgan fingerprint density at radius 2 is 1.35 bits per heavy atom. The summed E-state index contributed by atoms with van der Waals surface area (Å²) < 4.78 is 0. The van der Waals surface area contributed by atoms with Crippen LogP contribution in [0.3, 0.4) is 0 Å². The van der Waals surface area contributed by atoms with Crippen molar-refractivity contribution in [2.75, 3.05) is 13.1 Å². The Hall–Kier alpha value is -1.35. The monoisotopic (exact) mass is 347 g/mol. The zero-order valence-electron chi connectivity index (χ0n) is 12.8. The molecular weight excluding hydrogens is 329 g/mol. The van der Waals surface area contributed by atoms with E-state index in [0.29, 0.717) is 15.6 Å². The standard InChI is InChI=1S/C19H19Cl2NO/c20-16-8-4-14(5-9-16)18(22-12-2-1-3-13-22)19(23)15-6-10-17(21)11-7-15/h4-11,18H,1-3,12-13H2/t18-/m1/s1. The van der Waals surface area contributed by atoms with Crippen LogP contribution in [0.5, 0.6) is 0 Å². The van der Waals surface area contributed by atoms with Gasteiger partial charge >= 0.3 is 0 Å². The van der Waals surface area contributed by atoms with Crippen LogP contribution in [0.2, 0.25) is 10.0 Å². The molecule has 0 N–H and O–H groups in total. The molecule has 0 bridgehead atoms. The van der Waals surface area contributed by atoms with Crippen molar-refractivity contribution in [3.63, 3.8) is 0 Å². The molecule has 23 heavy (non-hydrogen) atoms. The molecule has 1 aliphatic rings. The highest BCUT2D eigenvalue weighted by atomic mass is 35.5. The third-order valence-electron chi connectivity index (χ3n) is 4.32. The summed E-state index contributed by atoms with van der Waals surface area (Å²) in [4.78, 5) is 15.4. The van der Waals surface area contributed by atoms with Crippen molar-refractivity contribution in [3.05, 3.63) is 69.7 Å². The molecule has 3 rings (SSSR count). The second-order valence-electron chi connectivity index (χ2n) is 5.92. The highest BCUT2D eigenvalue weighted by Gasteiger charge is 2.29. The molecule has 0 amide bonds. The lowest BCUT2D eigenvalue weighted by Gasteiger charge is -2.34. The third-order valence-corrected chi connectivity index (χ3v) is 4.82. The van der Waals surface area contributed by atoms with E-state index >= 15 is 0 Å². The Balaban J connectivity index is 1.94. The molecule has 0 spiro atoms. The van der Waals surface area contributed by atoms with Gasteiger partial charge in [-0.2, -0.15) is 0 Å². The summed E-state index contributed by atoms with van der Waals surface area (Å²) >= 11 is 11.9. The minimum Gasteiger partial charge on any atom is -0.292 e. The molecule has 0 aromatic heterocycles. The van der Waals surface area contributed by atoms with Gasteiger partial charge in [-0.15, -0.1) is 0 Å². The summed E-state index contributed by atoms with van der Waals surface area (Å²) in [5.41, 5.74) is 1.69. The third kappa shape index (κ3) is 3.95. The van der Waals surface area contributed by atoms with Gasteiger partial charge in [0.15, 0.2) is 5.78 Å². The Morgan fingerprint density at radius 1 is 0.826 bits per heavy atom. The van der Waals surface area contributed by atoms with Crippen LogP contribution in [0, 0.1) is 0 Å². The topological polar surface area (TPSA) is 20.3 Å². The number of piperidine rings is 1. The first-order chi connectivity index (χ1) is 11.1. The highest BCUT2D eigenvalue weighted by Crippen LogP contribution is 2.29. The number of likely N-dealkylation sites (tertiary alicyclic amines) is 1. The fourth-order valence-corrected chi connectivity index (χ4v) is 3.37. The van der Waals surface area contributed by atoms with E-state index < -0.39 is 0 Å². The number of hydrogen-bond acceptors (Lipinski definition) is 2. The van der Waals surface area contributed by atoms with E-state index in [1.165, 1.54) is 6.42 Å². The smallest absolute Gasteiger partial charge is 0.184 e. The van der Waals surface area contributed by atoms with Gasteiger partial charge in [-0.1, -0.05) is 41.8 Å². The minimum atomic E-state index is -0.256. The second kappa shape index (κ2) is 7.48. The molecule has 0 saturated carbocycles. The molecule has 1 fully saturated rings. The number of ketones is 1. The molecule has 1 saturated heterocycles. The quantitative estimate of drug-likeness (QED) is 0.689. The van der Waals surface area contributed by atoms with Crippen LogP contribution < -0.4 is 0 Å². The van der Waals surface area contributed by atoms with Crippen LogP contribution in [0.15, 0.2) is 48.5 Å². The molecule has 2 aromatic rings. The SMILES string of the molecule is O=C(c1ccc(Cl)cc1)[C@@H](c1ccc(Cl)cc1)N1CCCCC1. The first-order valence-electron chi connectivity index (χ1n) is 7.94. The maximum Gasteiger partial charge on any atom is 0.184 e. The Morgan fingerprint density at radius 3 is 1.91 bits per heavy atom. The number of Topliss-reactive ketones (excluding diaryl/α,β-unsaturated/α-hetero) is 1. The lowest BCUT2D eigenvalue weighted by atomic mass is 9.94. The van der Waals surface area contributed by atoms with Gasteiger partial charge < -0.3 is 0 Å². The van der Waals surface area contributed by atoms with E-state index in [9.17, 15) is 4.79 Å². The van der Waals surface area contributed by atoms with Crippen LogP contribution in [0.1, 0.15) is 41.2 Å². The van der Waals surface area contributed by atoms with E-state index in [1.54, 1.807) is 24.3 Å². The lowest BCUT2D eigenvalue weighted by Crippen LogP contribution is -2.38. The van der Waals surface area contributed by atoms with Crippen molar-refractivity contribution in [1.82, 2.24) is 4.90 Å². The Labute approximate surface area is 147 Å². The van der Waals surface area contributed by atoms with E-state index in [0.717, 1.165) is 31.5 Å². The fraction of sp³-hybridized carbons (Fsp3) is 0.316. The number of rotatable bonds is 4. The van der Waals surface area contributed by atoms with Crippen molar-refractivity contribution in [2.45, 2.75) is 25.3 Å². The maximum absolute atomic E-state index is 13.1. The van der Waals surface area contributed by atoms with Crippen LogP contribution in [-0.4, -0.2) is 23.8 Å². The molecule has 1 aliphatic heterocycles. The fourth-order valence-electron chi connectivity index (χ4n) is 3.12. The predicted molar refractivity (Wildman–Crippen MR) is 95.4 cm³/mol. The minimum absolute atomic E-state index is 0.117.